The number of anilines is 1. The molecule has 1 saturated carbocycles. The zero-order valence-electron chi connectivity index (χ0n) is 11.9. The number of halogens is 2. The lowest BCUT2D eigenvalue weighted by Crippen LogP contribution is -2.52. The summed E-state index contributed by atoms with van der Waals surface area (Å²) in [6.07, 6.45) is 3.82. The average molecular weight is 332 g/mol. The lowest BCUT2D eigenvalue weighted by molar-refractivity contribution is -0.122. The minimum absolute atomic E-state index is 0.141. The van der Waals surface area contributed by atoms with Gasteiger partial charge < -0.3 is 11.1 Å². The maximum Gasteiger partial charge on any atom is 0.341 e. The molecule has 8 heteroatoms. The molecule has 0 bridgehead atoms. The maximum atomic E-state index is 12.5. The fourth-order valence-electron chi connectivity index (χ4n) is 2.52. The summed E-state index contributed by atoms with van der Waals surface area (Å²) in [5.74, 6) is -3.92. The van der Waals surface area contributed by atoms with Gasteiger partial charge in [-0.15, -0.1) is 0 Å². The topological polar surface area (TPSA) is 89.3 Å². The van der Waals surface area contributed by atoms with Crippen LogP contribution in [0.3, 0.4) is 0 Å². The number of hydrogen-bond donors (Lipinski definition) is 2. The van der Waals surface area contributed by atoms with E-state index in [0.29, 0.717) is 12.8 Å². The van der Waals surface area contributed by atoms with E-state index >= 15 is 0 Å². The van der Waals surface area contributed by atoms with E-state index in [2.05, 4.69) is 5.32 Å². The van der Waals surface area contributed by atoms with Crippen LogP contribution in [0.5, 0.6) is 0 Å². The Balaban J connectivity index is 2.19. The van der Waals surface area contributed by atoms with E-state index in [0.717, 1.165) is 31.4 Å². The number of hydrogen-bond acceptors (Lipinski definition) is 4. The Kier molecular flexibility index (Phi) is 4.81. The monoisotopic (exact) mass is 332 g/mol. The van der Waals surface area contributed by atoms with Gasteiger partial charge in [-0.3, -0.25) is 4.79 Å². The molecule has 0 spiro atoms. The highest BCUT2D eigenvalue weighted by Crippen LogP contribution is 2.28. The van der Waals surface area contributed by atoms with E-state index in [-0.39, 0.29) is 5.69 Å². The van der Waals surface area contributed by atoms with Gasteiger partial charge in [0.25, 0.3) is 0 Å². The van der Waals surface area contributed by atoms with Gasteiger partial charge in [0.2, 0.25) is 15.7 Å². The Bertz CT molecular complexity index is 656. The molecular formula is C14H18F2N2O3S. The number of nitrogens with two attached hydrogens (primary N) is 1. The highest BCUT2D eigenvalue weighted by atomic mass is 32.2. The Morgan fingerprint density at radius 3 is 2.45 bits per heavy atom. The highest BCUT2D eigenvalue weighted by molar-refractivity contribution is 7.91. The number of alkyl halides is 2. The van der Waals surface area contributed by atoms with Crippen LogP contribution in [0.1, 0.15) is 32.1 Å². The largest absolute Gasteiger partial charge is 0.341 e. The molecule has 0 aromatic heterocycles. The molecule has 1 aromatic carbocycles. The van der Waals surface area contributed by atoms with Gasteiger partial charge in [-0.05, 0) is 31.0 Å². The van der Waals surface area contributed by atoms with Crippen molar-refractivity contribution in [2.75, 3.05) is 5.32 Å². The Hall–Kier alpha value is -1.54. The van der Waals surface area contributed by atoms with Crippen molar-refractivity contribution in [1.82, 2.24) is 0 Å². The molecule has 2 rings (SSSR count). The minimum atomic E-state index is -4.69. The molecule has 0 unspecified atom stereocenters. The van der Waals surface area contributed by atoms with Crippen molar-refractivity contribution >= 4 is 21.4 Å². The molecule has 0 heterocycles. The van der Waals surface area contributed by atoms with Crippen LogP contribution in [0.2, 0.25) is 0 Å². The van der Waals surface area contributed by atoms with E-state index in [1.54, 1.807) is 0 Å². The van der Waals surface area contributed by atoms with Gasteiger partial charge in [0, 0.05) is 5.69 Å². The molecule has 5 nitrogen and oxygen atoms in total. The van der Waals surface area contributed by atoms with Gasteiger partial charge in [-0.25, -0.2) is 8.42 Å². The summed E-state index contributed by atoms with van der Waals surface area (Å²) >= 11 is 0. The van der Waals surface area contributed by atoms with Crippen molar-refractivity contribution in [2.24, 2.45) is 5.73 Å². The second kappa shape index (κ2) is 6.29. The minimum Gasteiger partial charge on any atom is -0.324 e. The van der Waals surface area contributed by atoms with E-state index < -0.39 is 31.9 Å². The van der Waals surface area contributed by atoms with Crippen LogP contribution in [0, 0.1) is 0 Å². The first-order valence-electron chi connectivity index (χ1n) is 6.98. The van der Waals surface area contributed by atoms with E-state index in [1.165, 1.54) is 12.1 Å². The number of benzene rings is 1. The van der Waals surface area contributed by atoms with Crippen LogP contribution >= 0.6 is 0 Å². The first-order valence-corrected chi connectivity index (χ1v) is 8.53. The van der Waals surface area contributed by atoms with Gasteiger partial charge >= 0.3 is 5.76 Å². The van der Waals surface area contributed by atoms with Gasteiger partial charge in [0.15, 0.2) is 0 Å². The molecule has 22 heavy (non-hydrogen) atoms. The summed E-state index contributed by atoms with van der Waals surface area (Å²) < 4.78 is 48.0. The molecule has 1 aliphatic rings. The highest BCUT2D eigenvalue weighted by Gasteiger charge is 2.35. The number of rotatable bonds is 4. The third kappa shape index (κ3) is 3.44. The summed E-state index contributed by atoms with van der Waals surface area (Å²) in [7, 11) is -4.69. The van der Waals surface area contributed by atoms with Crippen LogP contribution in [0.25, 0.3) is 0 Å². The van der Waals surface area contributed by atoms with Crippen LogP contribution in [0.4, 0.5) is 14.5 Å². The lowest BCUT2D eigenvalue weighted by Gasteiger charge is -2.31. The fraction of sp³-hybridized carbons (Fsp3) is 0.500. The first-order chi connectivity index (χ1) is 10.3. The van der Waals surface area contributed by atoms with Crippen molar-refractivity contribution in [3.63, 3.8) is 0 Å². The predicted molar refractivity (Wildman–Crippen MR) is 78.3 cm³/mol. The van der Waals surface area contributed by atoms with E-state index in [9.17, 15) is 22.0 Å². The summed E-state index contributed by atoms with van der Waals surface area (Å²) in [6.45, 7) is 0. The molecule has 0 saturated heterocycles. The van der Waals surface area contributed by atoms with Crippen molar-refractivity contribution in [1.29, 1.82) is 0 Å². The maximum absolute atomic E-state index is 12.5. The second-order valence-electron chi connectivity index (χ2n) is 5.50. The number of amides is 1. The first kappa shape index (κ1) is 16.8. The zero-order chi connectivity index (χ0) is 16.4. The smallest absolute Gasteiger partial charge is 0.324 e. The fourth-order valence-corrected chi connectivity index (χ4v) is 3.28. The number of nitrogens with one attached hydrogen (secondary N) is 1. The Labute approximate surface area is 127 Å². The van der Waals surface area contributed by atoms with Crippen molar-refractivity contribution in [2.45, 2.75) is 48.3 Å². The Morgan fingerprint density at radius 1 is 1.23 bits per heavy atom. The standard InChI is InChI=1S/C14H18F2N2O3S/c15-13(16)22(20,21)11-6-4-5-10(9-11)18-12(19)14(17)7-2-1-3-8-14/h4-6,9,13H,1-3,7-8,17H2,(H,18,19). The van der Waals surface area contributed by atoms with Gasteiger partial charge in [0.05, 0.1) is 10.4 Å². The lowest BCUT2D eigenvalue weighted by atomic mass is 9.82. The summed E-state index contributed by atoms with van der Waals surface area (Å²) in [6, 6.07) is 4.82. The molecule has 122 valence electrons. The van der Waals surface area contributed by atoms with Crippen molar-refractivity contribution in [3.8, 4) is 0 Å². The molecule has 1 aromatic rings. The molecule has 1 fully saturated rings. The average Bonchev–Trinajstić information content (AvgIpc) is 2.48. The van der Waals surface area contributed by atoms with Gasteiger partial charge in [0.1, 0.15) is 0 Å². The summed E-state index contributed by atoms with van der Waals surface area (Å²) in [4.78, 5) is 11.7. The van der Waals surface area contributed by atoms with Gasteiger partial charge in [-0.2, -0.15) is 8.78 Å². The van der Waals surface area contributed by atoms with Crippen LogP contribution in [-0.4, -0.2) is 25.6 Å². The third-order valence-corrected chi connectivity index (χ3v) is 5.23. The summed E-state index contributed by atoms with van der Waals surface area (Å²) in [5, 5.41) is 2.53. The third-order valence-electron chi connectivity index (χ3n) is 3.85. The van der Waals surface area contributed by atoms with Crippen LogP contribution in [-0.2, 0) is 14.6 Å². The second-order valence-corrected chi connectivity index (χ2v) is 7.42. The molecule has 0 atom stereocenters. The molecule has 0 aliphatic heterocycles. The van der Waals surface area contributed by atoms with Gasteiger partial charge in [-0.1, -0.05) is 25.3 Å². The molecule has 0 radical (unpaired) electrons. The summed E-state index contributed by atoms with van der Waals surface area (Å²) in [5.41, 5.74) is 5.22. The van der Waals surface area contributed by atoms with E-state index in [4.69, 9.17) is 5.73 Å². The number of carbonyl (C=O) groups is 1. The van der Waals surface area contributed by atoms with Crippen molar-refractivity contribution < 1.29 is 22.0 Å². The quantitative estimate of drug-likeness (QED) is 0.885. The molecule has 1 amide bonds. The SMILES string of the molecule is NC1(C(=O)Nc2cccc(S(=O)(=O)C(F)F)c2)CCCCC1. The molecule has 1 aliphatic carbocycles. The predicted octanol–water partition coefficient (Wildman–Crippen LogP) is 2.28. The van der Waals surface area contributed by atoms with Crippen LogP contribution < -0.4 is 11.1 Å². The van der Waals surface area contributed by atoms with Crippen molar-refractivity contribution in [3.05, 3.63) is 24.3 Å². The number of sulfone groups is 1. The van der Waals surface area contributed by atoms with Crippen LogP contribution in [0.15, 0.2) is 29.2 Å². The number of carbonyl (C=O) groups excluding carboxylic acids is 1. The molecular weight excluding hydrogens is 314 g/mol. The zero-order valence-corrected chi connectivity index (χ0v) is 12.7. The Morgan fingerprint density at radius 2 is 1.86 bits per heavy atom. The van der Waals surface area contributed by atoms with E-state index in [1.807, 2.05) is 0 Å². The normalized spacial score (nSPS) is 18.2. The molecule has 3 N–H and O–H groups in total.